The minimum atomic E-state index is -1.50. The summed E-state index contributed by atoms with van der Waals surface area (Å²) >= 11 is 0. The van der Waals surface area contributed by atoms with Crippen LogP contribution in [-0.4, -0.2) is 10.3 Å². The summed E-state index contributed by atoms with van der Waals surface area (Å²) in [5.41, 5.74) is 0. The lowest BCUT2D eigenvalue weighted by molar-refractivity contribution is -0.742. The van der Waals surface area contributed by atoms with Crippen LogP contribution in [0.5, 0.6) is 0 Å². The van der Waals surface area contributed by atoms with Crippen molar-refractivity contribution in [2.24, 2.45) is 11.7 Å². The van der Waals surface area contributed by atoms with Crippen LogP contribution in [0.3, 0.4) is 0 Å². The molecule has 46 valence electrons. The molecule has 0 saturated heterocycles. The van der Waals surface area contributed by atoms with Crippen molar-refractivity contribution in [3.8, 4) is 0 Å². The standard InChI is InChI=1S/H4N2.HNO3.H3N/c1-2;2-1(3)4;/h1-2H2;(H,2,3,4);1H3. The maximum absolute atomic E-state index is 8.36. The quantitative estimate of drug-likeness (QED) is 0.172. The van der Waals surface area contributed by atoms with E-state index in [1.54, 1.807) is 0 Å². The summed E-state index contributed by atoms with van der Waals surface area (Å²) in [6.07, 6.45) is 0. The Bertz CT molecular complexity index is 29.9. The highest BCUT2D eigenvalue weighted by molar-refractivity contribution is 3.83. The smallest absolute Gasteiger partial charge is 0.291 e. The van der Waals surface area contributed by atoms with Gasteiger partial charge in [0, 0.05) is 0 Å². The average Bonchev–Trinajstić information content (AvgIpc) is 1.41. The van der Waals surface area contributed by atoms with Crippen LogP contribution < -0.4 is 17.8 Å². The molecule has 0 saturated carbocycles. The van der Waals surface area contributed by atoms with E-state index in [0.29, 0.717) is 0 Å². The molecular formula is H8N4O3. The van der Waals surface area contributed by atoms with Crippen molar-refractivity contribution in [2.45, 2.75) is 0 Å². The monoisotopic (exact) mass is 112 g/mol. The van der Waals surface area contributed by atoms with Crippen molar-refractivity contribution in [2.75, 3.05) is 0 Å². The first kappa shape index (κ1) is 16.5. The number of rotatable bonds is 0. The first-order chi connectivity index (χ1) is 2.73. The van der Waals surface area contributed by atoms with Crippen LogP contribution in [0, 0.1) is 10.1 Å². The Morgan fingerprint density at radius 3 is 1.57 bits per heavy atom. The predicted octanol–water partition coefficient (Wildman–Crippen LogP) is -1.37. The predicted molar refractivity (Wildman–Crippen MR) is 22.2 cm³/mol. The summed E-state index contributed by atoms with van der Waals surface area (Å²) in [6, 6.07) is 0. The summed E-state index contributed by atoms with van der Waals surface area (Å²) in [5, 5.41) is 13.6. The Labute approximate surface area is 39.6 Å². The maximum atomic E-state index is 8.36. The van der Waals surface area contributed by atoms with E-state index in [-0.39, 0.29) is 6.15 Å². The number of hydrazine groups is 1. The Morgan fingerprint density at radius 1 is 1.57 bits per heavy atom. The van der Waals surface area contributed by atoms with Gasteiger partial charge in [-0.15, -0.1) is 10.1 Å². The number of hydrogen-bond donors (Lipinski definition) is 4. The van der Waals surface area contributed by atoms with Crippen molar-refractivity contribution < 1.29 is 10.3 Å². The molecule has 0 amide bonds. The van der Waals surface area contributed by atoms with E-state index in [1.165, 1.54) is 0 Å². The second-order valence-corrected chi connectivity index (χ2v) is 0.238. The van der Waals surface area contributed by atoms with Crippen molar-refractivity contribution in [1.82, 2.24) is 6.15 Å². The fourth-order valence-corrected chi connectivity index (χ4v) is 0. The Balaban J connectivity index is -0.0000000480. The lowest BCUT2D eigenvalue weighted by atomic mass is 13.0. The SMILES string of the molecule is N.NN.O=[N+]([O-])O. The third kappa shape index (κ3) is 56.9. The normalized spacial score (nSPS) is 4.29. The van der Waals surface area contributed by atoms with Crippen LogP contribution in [0.15, 0.2) is 0 Å². The van der Waals surface area contributed by atoms with E-state index >= 15 is 0 Å². The highest BCUT2D eigenvalue weighted by Gasteiger charge is 1.65. The van der Waals surface area contributed by atoms with Crippen LogP contribution >= 0.6 is 0 Å². The van der Waals surface area contributed by atoms with E-state index in [0.717, 1.165) is 0 Å². The maximum Gasteiger partial charge on any atom is 0.291 e. The second kappa shape index (κ2) is 19.5. The molecule has 0 aliphatic heterocycles. The van der Waals surface area contributed by atoms with Gasteiger partial charge in [-0.2, -0.15) is 0 Å². The minimum absolute atomic E-state index is 0. The van der Waals surface area contributed by atoms with Gasteiger partial charge in [-0.1, -0.05) is 0 Å². The number of nitrogens with two attached hydrogens (primary N) is 2. The van der Waals surface area contributed by atoms with Crippen LogP contribution in [0.1, 0.15) is 0 Å². The highest BCUT2D eigenvalue weighted by Crippen LogP contribution is 1.38. The molecule has 0 aromatic rings. The Kier molecular flexibility index (Phi) is 46.2. The summed E-state index contributed by atoms with van der Waals surface area (Å²) in [4.78, 5) is 8.36. The molecular weight excluding hydrogens is 104 g/mol. The van der Waals surface area contributed by atoms with Gasteiger partial charge in [0.15, 0.2) is 0 Å². The summed E-state index contributed by atoms with van der Waals surface area (Å²) < 4.78 is 0. The van der Waals surface area contributed by atoms with Crippen molar-refractivity contribution in [3.63, 3.8) is 0 Å². The summed E-state index contributed by atoms with van der Waals surface area (Å²) in [7, 11) is 0. The number of hydrogen-bond acceptors (Lipinski definition) is 5. The molecule has 0 rings (SSSR count). The third-order valence-electron chi connectivity index (χ3n) is 0. The van der Waals surface area contributed by atoms with Crippen molar-refractivity contribution in [1.29, 1.82) is 0 Å². The fourth-order valence-electron chi connectivity index (χ4n) is 0. The average molecular weight is 112 g/mol. The summed E-state index contributed by atoms with van der Waals surface area (Å²) in [6.45, 7) is 0. The van der Waals surface area contributed by atoms with Crippen LogP contribution in [-0.2, 0) is 0 Å². The molecule has 0 aromatic carbocycles. The van der Waals surface area contributed by atoms with E-state index in [1.807, 2.05) is 0 Å². The molecule has 0 unspecified atom stereocenters. The molecule has 0 aromatic heterocycles. The molecule has 0 bridgehead atoms. The molecule has 0 spiro atoms. The van der Waals surface area contributed by atoms with E-state index in [9.17, 15) is 0 Å². The van der Waals surface area contributed by atoms with Gasteiger partial charge in [0.2, 0.25) is 0 Å². The van der Waals surface area contributed by atoms with Gasteiger partial charge in [0.1, 0.15) is 0 Å². The lowest BCUT2D eigenvalue weighted by Crippen LogP contribution is -2.02. The van der Waals surface area contributed by atoms with Gasteiger partial charge < -0.3 is 11.4 Å². The molecule has 0 fully saturated rings. The minimum Gasteiger partial charge on any atom is -0.344 e. The molecule has 8 N–H and O–H groups in total. The van der Waals surface area contributed by atoms with Crippen LogP contribution in [0.4, 0.5) is 0 Å². The van der Waals surface area contributed by atoms with E-state index < -0.39 is 5.09 Å². The largest absolute Gasteiger partial charge is 0.344 e. The van der Waals surface area contributed by atoms with Crippen molar-refractivity contribution >= 4 is 0 Å². The first-order valence-corrected chi connectivity index (χ1v) is 0.898. The zero-order chi connectivity index (χ0) is 5.58. The molecule has 0 heterocycles. The van der Waals surface area contributed by atoms with Crippen LogP contribution in [0.25, 0.3) is 0 Å². The Hall–Kier alpha value is -0.920. The van der Waals surface area contributed by atoms with E-state index in [4.69, 9.17) is 15.3 Å². The zero-order valence-electron chi connectivity index (χ0n) is 3.57. The first-order valence-electron chi connectivity index (χ1n) is 0.898. The topological polar surface area (TPSA) is 150 Å². The molecule has 7 heavy (non-hydrogen) atoms. The summed E-state index contributed by atoms with van der Waals surface area (Å²) in [5.74, 6) is 8.00. The molecule has 0 aliphatic carbocycles. The van der Waals surface area contributed by atoms with Gasteiger partial charge in [0.05, 0.1) is 0 Å². The Morgan fingerprint density at radius 2 is 1.57 bits per heavy atom. The molecule has 7 heteroatoms. The molecule has 7 nitrogen and oxygen atoms in total. The third-order valence-corrected chi connectivity index (χ3v) is 0. The second-order valence-electron chi connectivity index (χ2n) is 0.238. The van der Waals surface area contributed by atoms with Gasteiger partial charge in [-0.05, 0) is 0 Å². The highest BCUT2D eigenvalue weighted by atomic mass is 16.9. The molecule has 0 atom stereocenters. The van der Waals surface area contributed by atoms with E-state index in [2.05, 4.69) is 11.7 Å². The zero-order valence-corrected chi connectivity index (χ0v) is 3.57. The molecule has 0 radical (unpaired) electrons. The van der Waals surface area contributed by atoms with Gasteiger partial charge in [-0.25, -0.2) is 0 Å². The van der Waals surface area contributed by atoms with Gasteiger partial charge >= 0.3 is 0 Å². The lowest BCUT2D eigenvalue weighted by Gasteiger charge is -1.56. The van der Waals surface area contributed by atoms with Crippen molar-refractivity contribution in [3.05, 3.63) is 10.1 Å². The number of nitrogens with zero attached hydrogens (tertiary/aromatic N) is 1. The van der Waals surface area contributed by atoms with Crippen LogP contribution in [0.2, 0.25) is 0 Å². The van der Waals surface area contributed by atoms with Gasteiger partial charge in [0.25, 0.3) is 5.09 Å². The van der Waals surface area contributed by atoms with Gasteiger partial charge in [-0.3, -0.25) is 11.7 Å². The molecule has 0 aliphatic rings. The fraction of sp³-hybridized carbons (Fsp3) is 0.